The third kappa shape index (κ3) is 4.00. The molecule has 0 saturated heterocycles. The molecule has 0 aliphatic rings. The first kappa shape index (κ1) is 11.5. The molecule has 0 atom stereocenters. The van der Waals surface area contributed by atoms with Gasteiger partial charge in [0, 0.05) is 10.0 Å². The van der Waals surface area contributed by atoms with E-state index in [4.69, 9.17) is 5.11 Å². The van der Waals surface area contributed by atoms with Crippen LogP contribution in [0.2, 0.25) is 0 Å². The highest BCUT2D eigenvalue weighted by Crippen LogP contribution is 2.16. The van der Waals surface area contributed by atoms with Crippen LogP contribution in [0.25, 0.3) is 0 Å². The molecule has 0 heterocycles. The van der Waals surface area contributed by atoms with E-state index in [0.717, 1.165) is 0 Å². The first-order valence-electron chi connectivity index (χ1n) is 4.00. The molecule has 0 radical (unpaired) electrons. The standard InChI is InChI=1S/C10H7BrFNO2/c11-9-4-3-8(12)6-7(9)2-1-5-13-10(14)15/h3-4,6,13H,5H2,(H,14,15). The number of hydrogen-bond donors (Lipinski definition) is 2. The van der Waals surface area contributed by atoms with Crippen molar-refractivity contribution in [2.45, 2.75) is 0 Å². The van der Waals surface area contributed by atoms with Gasteiger partial charge in [-0.2, -0.15) is 0 Å². The zero-order valence-electron chi connectivity index (χ0n) is 7.55. The normalized spacial score (nSPS) is 8.93. The largest absolute Gasteiger partial charge is 0.465 e. The van der Waals surface area contributed by atoms with E-state index in [1.54, 1.807) is 6.07 Å². The maximum Gasteiger partial charge on any atom is 0.405 e. The Labute approximate surface area is 94.4 Å². The molecular formula is C10H7BrFNO2. The zero-order chi connectivity index (χ0) is 11.3. The van der Waals surface area contributed by atoms with Crippen molar-refractivity contribution in [2.75, 3.05) is 6.54 Å². The second-order valence-electron chi connectivity index (χ2n) is 2.58. The Morgan fingerprint density at radius 3 is 3.00 bits per heavy atom. The summed E-state index contributed by atoms with van der Waals surface area (Å²) >= 11 is 3.21. The highest BCUT2D eigenvalue weighted by atomic mass is 79.9. The Bertz CT molecular complexity index is 437. The van der Waals surface area contributed by atoms with E-state index in [9.17, 15) is 9.18 Å². The first-order chi connectivity index (χ1) is 7.09. The highest BCUT2D eigenvalue weighted by molar-refractivity contribution is 9.10. The number of benzene rings is 1. The fourth-order valence-corrected chi connectivity index (χ4v) is 1.20. The predicted octanol–water partition coefficient (Wildman–Crippen LogP) is 2.21. The fraction of sp³-hybridized carbons (Fsp3) is 0.100. The maximum absolute atomic E-state index is 12.8. The first-order valence-corrected chi connectivity index (χ1v) is 4.79. The van der Waals surface area contributed by atoms with Crippen LogP contribution < -0.4 is 5.32 Å². The van der Waals surface area contributed by atoms with Gasteiger partial charge < -0.3 is 10.4 Å². The van der Waals surface area contributed by atoms with Gasteiger partial charge in [-0.25, -0.2) is 9.18 Å². The summed E-state index contributed by atoms with van der Waals surface area (Å²) in [7, 11) is 0. The van der Waals surface area contributed by atoms with Crippen LogP contribution in [-0.4, -0.2) is 17.7 Å². The van der Waals surface area contributed by atoms with Gasteiger partial charge >= 0.3 is 6.09 Å². The Kier molecular flexibility index (Phi) is 4.13. The lowest BCUT2D eigenvalue weighted by Crippen LogP contribution is -2.20. The third-order valence-corrected chi connectivity index (χ3v) is 2.17. The van der Waals surface area contributed by atoms with Gasteiger partial charge in [0.05, 0.1) is 6.54 Å². The molecule has 1 rings (SSSR count). The molecule has 0 fully saturated rings. The third-order valence-electron chi connectivity index (χ3n) is 1.48. The lowest BCUT2D eigenvalue weighted by atomic mass is 10.2. The molecular weight excluding hydrogens is 265 g/mol. The Morgan fingerprint density at radius 2 is 2.33 bits per heavy atom. The van der Waals surface area contributed by atoms with Gasteiger partial charge in [-0.15, -0.1) is 0 Å². The van der Waals surface area contributed by atoms with Crippen molar-refractivity contribution in [2.24, 2.45) is 0 Å². The summed E-state index contributed by atoms with van der Waals surface area (Å²) in [6.45, 7) is 0.0122. The number of nitrogens with one attached hydrogen (secondary N) is 1. The molecule has 0 spiro atoms. The van der Waals surface area contributed by atoms with Crippen LogP contribution in [0.15, 0.2) is 22.7 Å². The molecule has 2 N–H and O–H groups in total. The van der Waals surface area contributed by atoms with Gasteiger partial charge in [-0.3, -0.25) is 0 Å². The molecule has 0 saturated carbocycles. The molecule has 0 unspecified atom stereocenters. The van der Waals surface area contributed by atoms with Gasteiger partial charge in [0.2, 0.25) is 0 Å². The van der Waals surface area contributed by atoms with Gasteiger partial charge in [0.15, 0.2) is 0 Å². The van der Waals surface area contributed by atoms with Crippen molar-refractivity contribution in [3.05, 3.63) is 34.1 Å². The van der Waals surface area contributed by atoms with Crippen LogP contribution in [-0.2, 0) is 0 Å². The number of hydrogen-bond acceptors (Lipinski definition) is 1. The Balaban J connectivity index is 2.71. The molecule has 1 amide bonds. The summed E-state index contributed by atoms with van der Waals surface area (Å²) in [6, 6.07) is 4.13. The quantitative estimate of drug-likeness (QED) is 0.770. The molecule has 0 aliphatic carbocycles. The van der Waals surface area contributed by atoms with Crippen LogP contribution >= 0.6 is 15.9 Å². The van der Waals surface area contributed by atoms with Crippen LogP contribution in [0.4, 0.5) is 9.18 Å². The van der Waals surface area contributed by atoms with E-state index in [1.165, 1.54) is 12.1 Å². The van der Waals surface area contributed by atoms with E-state index in [1.807, 2.05) is 0 Å². The van der Waals surface area contributed by atoms with Gasteiger partial charge in [0.1, 0.15) is 5.82 Å². The topological polar surface area (TPSA) is 49.3 Å². The Morgan fingerprint density at radius 1 is 1.60 bits per heavy atom. The fourth-order valence-electron chi connectivity index (χ4n) is 0.853. The molecule has 3 nitrogen and oxygen atoms in total. The highest BCUT2D eigenvalue weighted by Gasteiger charge is 1.97. The van der Waals surface area contributed by atoms with Crippen LogP contribution in [0.5, 0.6) is 0 Å². The monoisotopic (exact) mass is 271 g/mol. The minimum absolute atomic E-state index is 0.0122. The minimum atomic E-state index is -1.14. The Hall–Kier alpha value is -1.54. The summed E-state index contributed by atoms with van der Waals surface area (Å²) in [5.74, 6) is 4.83. The van der Waals surface area contributed by atoms with Crippen molar-refractivity contribution in [3.8, 4) is 11.8 Å². The average molecular weight is 272 g/mol. The lowest BCUT2D eigenvalue weighted by molar-refractivity contribution is 0.196. The minimum Gasteiger partial charge on any atom is -0.465 e. The number of carboxylic acid groups (broad SMARTS) is 1. The number of amides is 1. The van der Waals surface area contributed by atoms with Gasteiger partial charge in [-0.1, -0.05) is 11.8 Å². The molecule has 78 valence electrons. The van der Waals surface area contributed by atoms with Gasteiger partial charge in [-0.05, 0) is 34.1 Å². The summed E-state index contributed by atoms with van der Waals surface area (Å²) in [4.78, 5) is 10.1. The van der Waals surface area contributed by atoms with Crippen molar-refractivity contribution < 1.29 is 14.3 Å². The van der Waals surface area contributed by atoms with Gasteiger partial charge in [0.25, 0.3) is 0 Å². The summed E-state index contributed by atoms with van der Waals surface area (Å²) in [5.41, 5.74) is 0.488. The van der Waals surface area contributed by atoms with Crippen LogP contribution in [0.3, 0.4) is 0 Å². The number of halogens is 2. The summed E-state index contributed by atoms with van der Waals surface area (Å²) < 4.78 is 13.5. The molecule has 1 aromatic rings. The SMILES string of the molecule is O=C(O)NCC#Cc1cc(F)ccc1Br. The van der Waals surface area contributed by atoms with Crippen molar-refractivity contribution in [1.29, 1.82) is 0 Å². The number of carbonyl (C=O) groups is 1. The molecule has 1 aromatic carbocycles. The van der Waals surface area contributed by atoms with E-state index in [0.29, 0.717) is 10.0 Å². The molecule has 0 bridgehead atoms. The van der Waals surface area contributed by atoms with E-state index >= 15 is 0 Å². The smallest absolute Gasteiger partial charge is 0.405 e. The van der Waals surface area contributed by atoms with E-state index in [-0.39, 0.29) is 12.4 Å². The molecule has 5 heteroatoms. The van der Waals surface area contributed by atoms with Crippen LogP contribution in [0.1, 0.15) is 5.56 Å². The summed E-state index contributed by atoms with van der Waals surface area (Å²) in [6.07, 6.45) is -1.14. The van der Waals surface area contributed by atoms with Crippen molar-refractivity contribution >= 4 is 22.0 Å². The lowest BCUT2D eigenvalue weighted by Gasteiger charge is -1.95. The second kappa shape index (κ2) is 5.37. The molecule has 0 aromatic heterocycles. The maximum atomic E-state index is 12.8. The average Bonchev–Trinajstić information content (AvgIpc) is 2.17. The van der Waals surface area contributed by atoms with E-state index in [2.05, 4.69) is 33.1 Å². The van der Waals surface area contributed by atoms with E-state index < -0.39 is 6.09 Å². The zero-order valence-corrected chi connectivity index (χ0v) is 9.14. The van der Waals surface area contributed by atoms with Crippen molar-refractivity contribution in [1.82, 2.24) is 5.32 Å². The second-order valence-corrected chi connectivity index (χ2v) is 3.44. The predicted molar refractivity (Wildman–Crippen MR) is 57.0 cm³/mol. The number of rotatable bonds is 1. The summed E-state index contributed by atoms with van der Waals surface area (Å²) in [5, 5.41) is 10.3. The molecule has 15 heavy (non-hydrogen) atoms. The molecule has 0 aliphatic heterocycles. The van der Waals surface area contributed by atoms with Crippen LogP contribution in [0, 0.1) is 17.7 Å². The van der Waals surface area contributed by atoms with Crippen molar-refractivity contribution in [3.63, 3.8) is 0 Å².